The smallest absolute Gasteiger partial charge is 0.249 e. The quantitative estimate of drug-likeness (QED) is 0.635. The van der Waals surface area contributed by atoms with Crippen molar-refractivity contribution in [1.82, 2.24) is 15.2 Å². The van der Waals surface area contributed by atoms with Crippen molar-refractivity contribution in [3.05, 3.63) is 64.5 Å². The van der Waals surface area contributed by atoms with Gasteiger partial charge in [0.2, 0.25) is 5.95 Å². The molecule has 9 heteroatoms. The van der Waals surface area contributed by atoms with Crippen LogP contribution >= 0.6 is 15.9 Å². The third-order valence-corrected chi connectivity index (χ3v) is 3.67. The number of anilines is 4. The summed E-state index contributed by atoms with van der Waals surface area (Å²) in [7, 11) is 0. The molecule has 0 fully saturated rings. The third kappa shape index (κ3) is 3.46. The summed E-state index contributed by atoms with van der Waals surface area (Å²) in [6, 6.07) is 9.17. The number of nitrogens with zero attached hydrogens (tertiary/aromatic N) is 3. The molecule has 2 aromatic carbocycles. The zero-order valence-electron chi connectivity index (χ0n) is 11.9. The van der Waals surface area contributed by atoms with Gasteiger partial charge >= 0.3 is 0 Å². The van der Waals surface area contributed by atoms with Crippen molar-refractivity contribution in [2.75, 3.05) is 10.6 Å². The standard InChI is InChI=1S/C15H9BrF3N5/c16-8-3-1-2-4-10(8)22-15-23-12(7-20-24-15)21-11-6-5-9(17)13(18)14(11)19/h1-7H,(H2,21,22,23,24). The average molecular weight is 396 g/mol. The highest BCUT2D eigenvalue weighted by molar-refractivity contribution is 9.10. The minimum Gasteiger partial charge on any atom is -0.336 e. The number of benzene rings is 2. The van der Waals surface area contributed by atoms with E-state index in [9.17, 15) is 13.2 Å². The molecular weight excluding hydrogens is 387 g/mol. The second kappa shape index (κ2) is 6.83. The number of nitrogens with one attached hydrogen (secondary N) is 2. The summed E-state index contributed by atoms with van der Waals surface area (Å²) in [5.41, 5.74) is 0.441. The molecule has 0 aliphatic rings. The molecule has 0 saturated heterocycles. The maximum atomic E-state index is 13.7. The molecule has 3 aromatic rings. The summed E-state index contributed by atoms with van der Waals surface area (Å²) in [6.07, 6.45) is 1.23. The number of para-hydroxylation sites is 1. The Morgan fingerprint density at radius 3 is 2.46 bits per heavy atom. The first-order chi connectivity index (χ1) is 11.5. The largest absolute Gasteiger partial charge is 0.336 e. The molecule has 0 aliphatic heterocycles. The molecule has 0 atom stereocenters. The Morgan fingerprint density at radius 1 is 0.875 bits per heavy atom. The molecule has 5 nitrogen and oxygen atoms in total. The van der Waals surface area contributed by atoms with E-state index in [0.29, 0.717) is 5.69 Å². The van der Waals surface area contributed by atoms with E-state index in [4.69, 9.17) is 0 Å². The molecule has 1 heterocycles. The van der Waals surface area contributed by atoms with Crippen molar-refractivity contribution in [2.24, 2.45) is 0 Å². The maximum Gasteiger partial charge on any atom is 0.249 e. The molecule has 2 N–H and O–H groups in total. The summed E-state index contributed by atoms with van der Waals surface area (Å²) < 4.78 is 40.7. The Kier molecular flexibility index (Phi) is 4.61. The SMILES string of the molecule is Fc1ccc(Nc2cnnc(Nc3ccccc3Br)n2)c(F)c1F. The van der Waals surface area contributed by atoms with Crippen LogP contribution in [0.5, 0.6) is 0 Å². The second-order valence-corrected chi connectivity index (χ2v) is 5.47. The third-order valence-electron chi connectivity index (χ3n) is 2.98. The second-order valence-electron chi connectivity index (χ2n) is 4.62. The minimum absolute atomic E-state index is 0.115. The number of rotatable bonds is 4. The fourth-order valence-corrected chi connectivity index (χ4v) is 2.24. The Hall–Kier alpha value is -2.68. The van der Waals surface area contributed by atoms with Gasteiger partial charge in [-0.2, -0.15) is 10.1 Å². The molecule has 0 unspecified atom stereocenters. The molecule has 1 aromatic heterocycles. The van der Waals surface area contributed by atoms with E-state index >= 15 is 0 Å². The van der Waals surface area contributed by atoms with Gasteiger partial charge in [0, 0.05) is 4.47 Å². The van der Waals surface area contributed by atoms with Gasteiger partial charge in [0.05, 0.1) is 17.6 Å². The van der Waals surface area contributed by atoms with Crippen LogP contribution in [-0.4, -0.2) is 15.2 Å². The van der Waals surface area contributed by atoms with Crippen LogP contribution in [0.1, 0.15) is 0 Å². The molecule has 122 valence electrons. The summed E-state index contributed by atoms with van der Waals surface area (Å²) in [5.74, 6) is -3.91. The molecule has 0 radical (unpaired) electrons. The van der Waals surface area contributed by atoms with Crippen molar-refractivity contribution < 1.29 is 13.2 Å². The molecule has 24 heavy (non-hydrogen) atoms. The fraction of sp³-hybridized carbons (Fsp3) is 0. The molecule has 0 aliphatic carbocycles. The van der Waals surface area contributed by atoms with Gasteiger partial charge in [-0.3, -0.25) is 0 Å². The number of halogens is 4. The summed E-state index contributed by atoms with van der Waals surface area (Å²) in [4.78, 5) is 4.10. The first kappa shape index (κ1) is 16.2. The topological polar surface area (TPSA) is 62.7 Å². The summed E-state index contributed by atoms with van der Waals surface area (Å²) in [6.45, 7) is 0. The van der Waals surface area contributed by atoms with Crippen molar-refractivity contribution >= 4 is 39.1 Å². The van der Waals surface area contributed by atoms with Gasteiger partial charge in [0.15, 0.2) is 23.3 Å². The van der Waals surface area contributed by atoms with Crippen LogP contribution in [0.2, 0.25) is 0 Å². The lowest BCUT2D eigenvalue weighted by molar-refractivity contribution is 0.449. The first-order valence-electron chi connectivity index (χ1n) is 6.66. The minimum atomic E-state index is -1.56. The Bertz CT molecular complexity index is 891. The number of aromatic nitrogens is 3. The van der Waals surface area contributed by atoms with Crippen LogP contribution in [0.15, 0.2) is 47.1 Å². The first-order valence-corrected chi connectivity index (χ1v) is 7.45. The van der Waals surface area contributed by atoms with Gasteiger partial charge < -0.3 is 10.6 Å². The maximum absolute atomic E-state index is 13.7. The lowest BCUT2D eigenvalue weighted by Crippen LogP contribution is -2.04. The summed E-state index contributed by atoms with van der Waals surface area (Å²) >= 11 is 3.37. The van der Waals surface area contributed by atoms with Crippen molar-refractivity contribution in [3.63, 3.8) is 0 Å². The van der Waals surface area contributed by atoms with Crippen molar-refractivity contribution in [2.45, 2.75) is 0 Å². The van der Waals surface area contributed by atoms with Crippen LogP contribution in [0.4, 0.5) is 36.3 Å². The molecule has 0 saturated carbocycles. The Morgan fingerprint density at radius 2 is 1.67 bits per heavy atom. The van der Waals surface area contributed by atoms with E-state index in [1.165, 1.54) is 6.20 Å². The van der Waals surface area contributed by atoms with E-state index in [2.05, 4.69) is 41.7 Å². The van der Waals surface area contributed by atoms with Crippen LogP contribution in [-0.2, 0) is 0 Å². The molecular formula is C15H9BrF3N5. The fourth-order valence-electron chi connectivity index (χ4n) is 1.86. The van der Waals surface area contributed by atoms with Gasteiger partial charge in [0.25, 0.3) is 0 Å². The number of hydrogen-bond acceptors (Lipinski definition) is 5. The normalized spacial score (nSPS) is 10.5. The Labute approximate surface area is 143 Å². The van der Waals surface area contributed by atoms with Crippen LogP contribution in [0, 0.1) is 17.5 Å². The van der Waals surface area contributed by atoms with Crippen LogP contribution < -0.4 is 10.6 Å². The lowest BCUT2D eigenvalue weighted by Gasteiger charge is -2.09. The van der Waals surface area contributed by atoms with E-state index in [0.717, 1.165) is 16.6 Å². The van der Waals surface area contributed by atoms with E-state index in [1.807, 2.05) is 18.2 Å². The monoisotopic (exact) mass is 395 g/mol. The van der Waals surface area contributed by atoms with E-state index in [1.54, 1.807) is 6.07 Å². The zero-order chi connectivity index (χ0) is 17.1. The highest BCUT2D eigenvalue weighted by Gasteiger charge is 2.14. The van der Waals surface area contributed by atoms with E-state index in [-0.39, 0.29) is 17.5 Å². The molecule has 0 spiro atoms. The van der Waals surface area contributed by atoms with Crippen molar-refractivity contribution in [1.29, 1.82) is 0 Å². The van der Waals surface area contributed by atoms with Crippen molar-refractivity contribution in [3.8, 4) is 0 Å². The highest BCUT2D eigenvalue weighted by atomic mass is 79.9. The molecule has 3 rings (SSSR count). The van der Waals surface area contributed by atoms with Crippen LogP contribution in [0.25, 0.3) is 0 Å². The zero-order valence-corrected chi connectivity index (χ0v) is 13.5. The van der Waals surface area contributed by atoms with Gasteiger partial charge in [0.1, 0.15) is 0 Å². The average Bonchev–Trinajstić information content (AvgIpc) is 2.58. The highest BCUT2D eigenvalue weighted by Crippen LogP contribution is 2.25. The lowest BCUT2D eigenvalue weighted by atomic mass is 10.3. The molecule has 0 amide bonds. The van der Waals surface area contributed by atoms with Crippen LogP contribution in [0.3, 0.4) is 0 Å². The van der Waals surface area contributed by atoms with E-state index < -0.39 is 17.5 Å². The van der Waals surface area contributed by atoms with Gasteiger partial charge in [-0.25, -0.2) is 13.2 Å². The summed E-state index contributed by atoms with van der Waals surface area (Å²) in [5, 5.41) is 13.0. The predicted octanol–water partition coefficient (Wildman–Crippen LogP) is 4.54. The molecule has 0 bridgehead atoms. The predicted molar refractivity (Wildman–Crippen MR) is 86.9 cm³/mol. The van der Waals surface area contributed by atoms with Gasteiger partial charge in [-0.15, -0.1) is 5.10 Å². The van der Waals surface area contributed by atoms with Gasteiger partial charge in [-0.1, -0.05) is 12.1 Å². The Balaban J connectivity index is 1.84. The number of hydrogen-bond donors (Lipinski definition) is 2. The van der Waals surface area contributed by atoms with Gasteiger partial charge in [-0.05, 0) is 40.2 Å².